The van der Waals surface area contributed by atoms with Crippen LogP contribution in [-0.2, 0) is 6.42 Å². The van der Waals surface area contributed by atoms with Gasteiger partial charge < -0.3 is 21.3 Å². The van der Waals surface area contributed by atoms with Gasteiger partial charge in [-0.2, -0.15) is 0 Å². The third-order valence-electron chi connectivity index (χ3n) is 2.21. The van der Waals surface area contributed by atoms with Gasteiger partial charge in [-0.15, -0.1) is 0 Å². The molecule has 0 radical (unpaired) electrons. The van der Waals surface area contributed by atoms with Crippen molar-refractivity contribution < 1.29 is 14.8 Å². The summed E-state index contributed by atoms with van der Waals surface area (Å²) in [7, 11) is 0. The van der Waals surface area contributed by atoms with Crippen LogP contribution in [0.25, 0.3) is 0 Å². The molecule has 1 aromatic carbocycles. The van der Waals surface area contributed by atoms with Gasteiger partial charge in [-0.25, -0.2) is 0 Å². The number of nitro groups is 1. The molecule has 7 nitrogen and oxygen atoms in total. The molecule has 0 atom stereocenters. The molecule has 0 spiro atoms. The molecular formula is C10H15N3O4. The first-order valence-corrected chi connectivity index (χ1v) is 5.11. The van der Waals surface area contributed by atoms with Gasteiger partial charge in [-0.05, 0) is 25.1 Å². The first kappa shape index (κ1) is 13.2. The minimum Gasteiger partial charge on any atom is -0.489 e. The van der Waals surface area contributed by atoms with Crippen molar-refractivity contribution in [1.29, 1.82) is 0 Å². The van der Waals surface area contributed by atoms with Gasteiger partial charge in [0.15, 0.2) is 5.69 Å². The van der Waals surface area contributed by atoms with E-state index in [2.05, 4.69) is 0 Å². The maximum absolute atomic E-state index is 10.9. The molecule has 0 aromatic heterocycles. The molecule has 0 unspecified atom stereocenters. The van der Waals surface area contributed by atoms with E-state index in [-0.39, 0.29) is 30.3 Å². The molecule has 1 rings (SSSR count). The Morgan fingerprint density at radius 3 is 2.71 bits per heavy atom. The molecule has 17 heavy (non-hydrogen) atoms. The average molecular weight is 241 g/mol. The zero-order valence-corrected chi connectivity index (χ0v) is 9.26. The van der Waals surface area contributed by atoms with Crippen molar-refractivity contribution >= 4 is 11.4 Å². The van der Waals surface area contributed by atoms with Crippen LogP contribution in [0.3, 0.4) is 0 Å². The molecule has 0 aliphatic rings. The van der Waals surface area contributed by atoms with Crippen molar-refractivity contribution in [2.75, 3.05) is 25.5 Å². The van der Waals surface area contributed by atoms with Crippen LogP contribution in [0.4, 0.5) is 11.4 Å². The quantitative estimate of drug-likeness (QED) is 0.367. The van der Waals surface area contributed by atoms with Gasteiger partial charge in [0.25, 0.3) is 5.69 Å². The number of aliphatic hydroxyl groups excluding tert-OH is 1. The van der Waals surface area contributed by atoms with Crippen molar-refractivity contribution in [2.45, 2.75) is 6.42 Å². The normalized spacial score (nSPS) is 10.2. The van der Waals surface area contributed by atoms with E-state index in [1.54, 1.807) is 12.1 Å². The molecule has 5 N–H and O–H groups in total. The number of nitro benzene ring substituents is 1. The molecule has 0 aliphatic heterocycles. The zero-order valence-electron chi connectivity index (χ0n) is 9.26. The van der Waals surface area contributed by atoms with E-state index >= 15 is 0 Å². The molecule has 0 saturated heterocycles. The van der Waals surface area contributed by atoms with Gasteiger partial charge >= 0.3 is 0 Å². The standard InChI is InChI=1S/C10H15N3O4/c11-4-3-7-1-2-8(17-6-5-14)9(12)10(7)13(15)16/h1-2,14H,3-6,11-12H2. The number of hydrogen-bond donors (Lipinski definition) is 3. The Balaban J connectivity index is 3.13. The van der Waals surface area contributed by atoms with Gasteiger partial charge in [0.05, 0.1) is 11.5 Å². The molecular weight excluding hydrogens is 226 g/mol. The summed E-state index contributed by atoms with van der Waals surface area (Å²) in [6.07, 6.45) is 0.376. The Kier molecular flexibility index (Phi) is 4.68. The molecule has 0 aliphatic carbocycles. The van der Waals surface area contributed by atoms with Crippen LogP contribution in [0.5, 0.6) is 5.75 Å². The fourth-order valence-corrected chi connectivity index (χ4v) is 1.49. The molecule has 1 aromatic rings. The van der Waals surface area contributed by atoms with Gasteiger partial charge in [-0.3, -0.25) is 10.1 Å². The van der Waals surface area contributed by atoms with E-state index in [1.165, 1.54) is 0 Å². The summed E-state index contributed by atoms with van der Waals surface area (Å²) in [6, 6.07) is 3.11. The van der Waals surface area contributed by atoms with Crippen LogP contribution >= 0.6 is 0 Å². The second-order valence-corrected chi connectivity index (χ2v) is 3.35. The topological polar surface area (TPSA) is 125 Å². The molecule has 0 heterocycles. The molecule has 0 bridgehead atoms. The largest absolute Gasteiger partial charge is 0.489 e. The van der Waals surface area contributed by atoms with E-state index < -0.39 is 4.92 Å². The smallest absolute Gasteiger partial charge is 0.299 e. The van der Waals surface area contributed by atoms with E-state index in [9.17, 15) is 10.1 Å². The van der Waals surface area contributed by atoms with Crippen molar-refractivity contribution in [3.63, 3.8) is 0 Å². The highest BCUT2D eigenvalue weighted by atomic mass is 16.6. The van der Waals surface area contributed by atoms with E-state index in [1.807, 2.05) is 0 Å². The molecule has 94 valence electrons. The first-order chi connectivity index (χ1) is 8.11. The highest BCUT2D eigenvalue weighted by Gasteiger charge is 2.21. The zero-order chi connectivity index (χ0) is 12.8. The van der Waals surface area contributed by atoms with Crippen LogP contribution in [0.2, 0.25) is 0 Å². The Labute approximate surface area is 98.1 Å². The van der Waals surface area contributed by atoms with Gasteiger partial charge in [0.2, 0.25) is 0 Å². The van der Waals surface area contributed by atoms with Gasteiger partial charge in [-0.1, -0.05) is 0 Å². The number of benzene rings is 1. The molecule has 0 saturated carbocycles. The lowest BCUT2D eigenvalue weighted by atomic mass is 10.1. The fourth-order valence-electron chi connectivity index (χ4n) is 1.49. The average Bonchev–Trinajstić information content (AvgIpc) is 2.28. The van der Waals surface area contributed by atoms with Crippen molar-refractivity contribution in [1.82, 2.24) is 0 Å². The first-order valence-electron chi connectivity index (χ1n) is 5.11. The lowest BCUT2D eigenvalue weighted by Crippen LogP contribution is -2.09. The highest BCUT2D eigenvalue weighted by molar-refractivity contribution is 5.70. The number of rotatable bonds is 6. The van der Waals surface area contributed by atoms with Crippen molar-refractivity contribution in [2.24, 2.45) is 5.73 Å². The number of aliphatic hydroxyl groups is 1. The predicted octanol–water partition coefficient (Wildman–Crippen LogP) is 0.0493. The van der Waals surface area contributed by atoms with Crippen LogP contribution in [0.1, 0.15) is 5.56 Å². The number of nitrogens with two attached hydrogens (primary N) is 2. The van der Waals surface area contributed by atoms with Gasteiger partial charge in [0.1, 0.15) is 12.4 Å². The fraction of sp³-hybridized carbons (Fsp3) is 0.400. The molecule has 7 heteroatoms. The van der Waals surface area contributed by atoms with Crippen molar-refractivity contribution in [3.05, 3.63) is 27.8 Å². The molecule has 0 amide bonds. The third-order valence-corrected chi connectivity index (χ3v) is 2.21. The Morgan fingerprint density at radius 2 is 2.18 bits per heavy atom. The van der Waals surface area contributed by atoms with Crippen LogP contribution in [0.15, 0.2) is 12.1 Å². The summed E-state index contributed by atoms with van der Waals surface area (Å²) < 4.78 is 5.10. The SMILES string of the molecule is NCCc1ccc(OCCO)c(N)c1[N+](=O)[O-]. The van der Waals surface area contributed by atoms with Crippen LogP contribution in [0, 0.1) is 10.1 Å². The Hall–Kier alpha value is -1.86. The summed E-state index contributed by atoms with van der Waals surface area (Å²) in [4.78, 5) is 10.4. The maximum atomic E-state index is 10.9. The van der Waals surface area contributed by atoms with E-state index in [4.69, 9.17) is 21.3 Å². The second kappa shape index (κ2) is 6.02. The Morgan fingerprint density at radius 1 is 1.47 bits per heavy atom. The van der Waals surface area contributed by atoms with Crippen LogP contribution in [-0.4, -0.2) is 29.8 Å². The number of nitrogen functional groups attached to an aromatic ring is 1. The number of ether oxygens (including phenoxy) is 1. The second-order valence-electron chi connectivity index (χ2n) is 3.35. The lowest BCUT2D eigenvalue weighted by molar-refractivity contribution is -0.384. The van der Waals surface area contributed by atoms with Crippen LogP contribution < -0.4 is 16.2 Å². The summed E-state index contributed by atoms with van der Waals surface area (Å²) in [6.45, 7) is 0.159. The third kappa shape index (κ3) is 3.05. The summed E-state index contributed by atoms with van der Waals surface area (Å²) in [5, 5.41) is 19.5. The monoisotopic (exact) mass is 241 g/mol. The number of nitrogens with zero attached hydrogens (tertiary/aromatic N) is 1. The van der Waals surface area contributed by atoms with Crippen molar-refractivity contribution in [3.8, 4) is 5.75 Å². The maximum Gasteiger partial charge on any atom is 0.299 e. The lowest BCUT2D eigenvalue weighted by Gasteiger charge is -2.10. The summed E-state index contributed by atoms with van der Waals surface area (Å²) >= 11 is 0. The summed E-state index contributed by atoms with van der Waals surface area (Å²) in [5.74, 6) is 0.200. The predicted molar refractivity (Wildman–Crippen MR) is 62.8 cm³/mol. The van der Waals surface area contributed by atoms with Gasteiger partial charge in [0, 0.05) is 5.56 Å². The minimum atomic E-state index is -0.549. The highest BCUT2D eigenvalue weighted by Crippen LogP contribution is 2.34. The summed E-state index contributed by atoms with van der Waals surface area (Å²) in [5.41, 5.74) is 11.3. The van der Waals surface area contributed by atoms with E-state index in [0.717, 1.165) is 0 Å². The number of anilines is 1. The Bertz CT molecular complexity index is 409. The number of hydrogen-bond acceptors (Lipinski definition) is 6. The minimum absolute atomic E-state index is 0.0330. The van der Waals surface area contributed by atoms with E-state index in [0.29, 0.717) is 18.5 Å². The molecule has 0 fully saturated rings.